The van der Waals surface area contributed by atoms with Crippen LogP contribution in [-0.2, 0) is 0 Å². The number of thiophene rings is 1. The van der Waals surface area contributed by atoms with E-state index in [1.165, 1.54) is 20.9 Å². The molecule has 0 aliphatic carbocycles. The Morgan fingerprint density at radius 1 is 1.26 bits per heavy atom. The minimum Gasteiger partial charge on any atom is -0.309 e. The minimum absolute atomic E-state index is 0.446. The predicted octanol–water partition coefficient (Wildman–Crippen LogP) is 4.43. The first kappa shape index (κ1) is 14.2. The Hall–Kier alpha value is -1.19. The average Bonchev–Trinajstić information content (AvgIpc) is 2.84. The molecule has 0 saturated carbocycles. The van der Waals surface area contributed by atoms with Crippen molar-refractivity contribution >= 4 is 11.3 Å². The third-order valence-electron chi connectivity index (χ3n) is 3.18. The molecule has 3 heteroatoms. The van der Waals surface area contributed by atoms with E-state index in [1.807, 2.05) is 23.7 Å². The molecule has 0 aromatic carbocycles. The first-order valence-electron chi connectivity index (χ1n) is 6.87. The van der Waals surface area contributed by atoms with E-state index in [-0.39, 0.29) is 0 Å². The topological polar surface area (TPSA) is 24.9 Å². The first-order chi connectivity index (χ1) is 9.11. The molecule has 102 valence electrons. The van der Waals surface area contributed by atoms with Crippen molar-refractivity contribution in [2.45, 2.75) is 33.7 Å². The molecule has 19 heavy (non-hydrogen) atoms. The molecule has 2 aromatic heterocycles. The van der Waals surface area contributed by atoms with E-state index in [0.29, 0.717) is 12.0 Å². The van der Waals surface area contributed by atoms with Crippen molar-refractivity contribution < 1.29 is 0 Å². The molecule has 0 saturated heterocycles. The van der Waals surface area contributed by atoms with Crippen LogP contribution >= 0.6 is 11.3 Å². The van der Waals surface area contributed by atoms with Gasteiger partial charge in [0.1, 0.15) is 0 Å². The highest BCUT2D eigenvalue weighted by atomic mass is 32.1. The fourth-order valence-electron chi connectivity index (χ4n) is 2.25. The largest absolute Gasteiger partial charge is 0.309 e. The Balaban J connectivity index is 2.27. The standard InChI is InChI=1S/C16H22N2S/c1-5-18-16(11(2)3)15-7-6-14(19-15)13-8-12(4)9-17-10-13/h6-11,16,18H,5H2,1-4H3. The van der Waals surface area contributed by atoms with Gasteiger partial charge >= 0.3 is 0 Å². The van der Waals surface area contributed by atoms with Gasteiger partial charge in [0.2, 0.25) is 0 Å². The fourth-order valence-corrected chi connectivity index (χ4v) is 3.49. The average molecular weight is 274 g/mol. The van der Waals surface area contributed by atoms with Crippen LogP contribution < -0.4 is 5.32 Å². The summed E-state index contributed by atoms with van der Waals surface area (Å²) in [6.45, 7) is 9.78. The molecule has 2 aromatic rings. The van der Waals surface area contributed by atoms with E-state index in [2.05, 4.69) is 56.2 Å². The zero-order chi connectivity index (χ0) is 13.8. The lowest BCUT2D eigenvalue weighted by Gasteiger charge is -2.20. The van der Waals surface area contributed by atoms with Gasteiger partial charge in [0.25, 0.3) is 0 Å². The van der Waals surface area contributed by atoms with Crippen molar-refractivity contribution in [1.82, 2.24) is 10.3 Å². The van der Waals surface area contributed by atoms with Crippen molar-refractivity contribution in [3.05, 3.63) is 41.0 Å². The van der Waals surface area contributed by atoms with Crippen molar-refractivity contribution in [2.75, 3.05) is 6.54 Å². The van der Waals surface area contributed by atoms with Gasteiger partial charge in [0.05, 0.1) is 0 Å². The number of aryl methyl sites for hydroxylation is 1. The molecule has 0 aliphatic rings. The number of nitrogens with zero attached hydrogens (tertiary/aromatic N) is 1. The molecule has 1 atom stereocenters. The van der Waals surface area contributed by atoms with Crippen LogP contribution in [0.5, 0.6) is 0 Å². The minimum atomic E-state index is 0.446. The summed E-state index contributed by atoms with van der Waals surface area (Å²) >= 11 is 1.87. The maximum atomic E-state index is 4.28. The van der Waals surface area contributed by atoms with E-state index in [0.717, 1.165) is 6.54 Å². The van der Waals surface area contributed by atoms with E-state index in [9.17, 15) is 0 Å². The van der Waals surface area contributed by atoms with Gasteiger partial charge in [-0.25, -0.2) is 0 Å². The highest BCUT2D eigenvalue weighted by Crippen LogP contribution is 2.34. The molecule has 1 N–H and O–H groups in total. The number of aromatic nitrogens is 1. The van der Waals surface area contributed by atoms with E-state index in [4.69, 9.17) is 0 Å². The quantitative estimate of drug-likeness (QED) is 0.872. The number of rotatable bonds is 5. The van der Waals surface area contributed by atoms with Gasteiger partial charge in [-0.3, -0.25) is 4.98 Å². The van der Waals surface area contributed by atoms with Crippen LogP contribution in [0.1, 0.15) is 37.3 Å². The number of pyridine rings is 1. The van der Waals surface area contributed by atoms with Gasteiger partial charge in [0, 0.05) is 33.8 Å². The second-order valence-electron chi connectivity index (χ2n) is 5.23. The molecule has 2 rings (SSSR count). The van der Waals surface area contributed by atoms with Gasteiger partial charge in [0.15, 0.2) is 0 Å². The molecule has 0 spiro atoms. The van der Waals surface area contributed by atoms with Crippen LogP contribution in [0.4, 0.5) is 0 Å². The molecule has 0 amide bonds. The monoisotopic (exact) mass is 274 g/mol. The maximum Gasteiger partial charge on any atom is 0.0438 e. The maximum absolute atomic E-state index is 4.28. The molecule has 0 fully saturated rings. The normalized spacial score (nSPS) is 12.9. The van der Waals surface area contributed by atoms with E-state index < -0.39 is 0 Å². The van der Waals surface area contributed by atoms with E-state index in [1.54, 1.807) is 0 Å². The summed E-state index contributed by atoms with van der Waals surface area (Å²) in [4.78, 5) is 6.99. The summed E-state index contributed by atoms with van der Waals surface area (Å²) in [6, 6.07) is 7.10. The van der Waals surface area contributed by atoms with Crippen molar-refractivity contribution in [2.24, 2.45) is 5.92 Å². The Labute approximate surface area is 119 Å². The summed E-state index contributed by atoms with van der Waals surface area (Å²) in [5.74, 6) is 0.599. The highest BCUT2D eigenvalue weighted by molar-refractivity contribution is 7.15. The summed E-state index contributed by atoms with van der Waals surface area (Å²) < 4.78 is 0. The Bertz CT molecular complexity index is 531. The third-order valence-corrected chi connectivity index (χ3v) is 4.40. The van der Waals surface area contributed by atoms with Gasteiger partial charge in [-0.2, -0.15) is 0 Å². The van der Waals surface area contributed by atoms with Gasteiger partial charge in [-0.05, 0) is 43.1 Å². The van der Waals surface area contributed by atoms with Crippen molar-refractivity contribution in [3.8, 4) is 10.4 Å². The van der Waals surface area contributed by atoms with Crippen molar-refractivity contribution in [3.63, 3.8) is 0 Å². The smallest absolute Gasteiger partial charge is 0.0438 e. The van der Waals surface area contributed by atoms with Crippen LogP contribution in [0.2, 0.25) is 0 Å². The summed E-state index contributed by atoms with van der Waals surface area (Å²) in [7, 11) is 0. The first-order valence-corrected chi connectivity index (χ1v) is 7.68. The molecular formula is C16H22N2S. The van der Waals surface area contributed by atoms with Crippen LogP contribution in [0.3, 0.4) is 0 Å². The van der Waals surface area contributed by atoms with Gasteiger partial charge in [-0.15, -0.1) is 11.3 Å². The summed E-state index contributed by atoms with van der Waals surface area (Å²) in [5, 5.41) is 3.57. The molecule has 0 radical (unpaired) electrons. The zero-order valence-electron chi connectivity index (χ0n) is 12.1. The number of hydrogen-bond donors (Lipinski definition) is 1. The lowest BCUT2D eigenvalue weighted by molar-refractivity contribution is 0.428. The summed E-state index contributed by atoms with van der Waals surface area (Å²) in [5.41, 5.74) is 2.43. The molecule has 1 unspecified atom stereocenters. The Kier molecular flexibility index (Phi) is 4.72. The van der Waals surface area contributed by atoms with Crippen LogP contribution in [-0.4, -0.2) is 11.5 Å². The molecule has 0 aliphatic heterocycles. The lowest BCUT2D eigenvalue weighted by atomic mass is 10.0. The predicted molar refractivity (Wildman–Crippen MR) is 83.5 cm³/mol. The summed E-state index contributed by atoms with van der Waals surface area (Å²) in [6.07, 6.45) is 3.84. The van der Waals surface area contributed by atoms with Crippen LogP contribution in [0, 0.1) is 12.8 Å². The number of nitrogens with one attached hydrogen (secondary N) is 1. The third kappa shape index (κ3) is 3.43. The van der Waals surface area contributed by atoms with Crippen molar-refractivity contribution in [1.29, 1.82) is 0 Å². The SMILES string of the molecule is CCNC(c1ccc(-c2cncc(C)c2)s1)C(C)C. The molecule has 2 heterocycles. The lowest BCUT2D eigenvalue weighted by Crippen LogP contribution is -2.24. The second-order valence-corrected chi connectivity index (χ2v) is 6.35. The molecular weight excluding hydrogens is 252 g/mol. The Morgan fingerprint density at radius 2 is 2.05 bits per heavy atom. The number of hydrogen-bond acceptors (Lipinski definition) is 3. The van der Waals surface area contributed by atoms with Gasteiger partial charge in [-0.1, -0.05) is 20.8 Å². The van der Waals surface area contributed by atoms with Crippen LogP contribution in [0.25, 0.3) is 10.4 Å². The van der Waals surface area contributed by atoms with Gasteiger partial charge < -0.3 is 5.32 Å². The fraction of sp³-hybridized carbons (Fsp3) is 0.438. The van der Waals surface area contributed by atoms with Crippen LogP contribution in [0.15, 0.2) is 30.6 Å². The molecule has 0 bridgehead atoms. The highest BCUT2D eigenvalue weighted by Gasteiger charge is 2.17. The zero-order valence-corrected chi connectivity index (χ0v) is 12.9. The Morgan fingerprint density at radius 3 is 2.68 bits per heavy atom. The van der Waals surface area contributed by atoms with E-state index >= 15 is 0 Å². The molecule has 2 nitrogen and oxygen atoms in total. The second kappa shape index (κ2) is 6.31.